The van der Waals surface area contributed by atoms with Gasteiger partial charge < -0.3 is 20.2 Å². The van der Waals surface area contributed by atoms with Crippen LogP contribution in [0.25, 0.3) is 10.9 Å². The number of nitrogens with one attached hydrogen (secondary N) is 2. The van der Waals surface area contributed by atoms with Gasteiger partial charge in [0, 0.05) is 37.6 Å². The molecule has 0 radical (unpaired) electrons. The van der Waals surface area contributed by atoms with Gasteiger partial charge in [0.1, 0.15) is 16.7 Å². The Balaban J connectivity index is 1.68. The third-order valence-corrected chi connectivity index (χ3v) is 5.64. The number of aromatic amines is 1. The van der Waals surface area contributed by atoms with Gasteiger partial charge in [0.05, 0.1) is 12.8 Å². The summed E-state index contributed by atoms with van der Waals surface area (Å²) >= 11 is 0. The smallest absolute Gasteiger partial charge is 0.277 e. The van der Waals surface area contributed by atoms with Crippen LogP contribution in [0.1, 0.15) is 32.6 Å². The predicted molar refractivity (Wildman–Crippen MR) is 123 cm³/mol. The highest BCUT2D eigenvalue weighted by Gasteiger charge is 2.18. The molecule has 164 valence electrons. The number of aromatic nitrogens is 4. The number of benzene rings is 1. The molecule has 1 aromatic carbocycles. The standard InChI is InChI=1S/C22H29N7O2/c1-2-28(13-14-30)17-9-7-16(8-10-17)24-20-19-18(15-23-27-21(19)31)25-22(26-20)29-11-5-3-4-6-12-29/h7-10,15,30H,2-6,11-14H2,1H3,(H,27,31)(H,24,25,26). The van der Waals surface area contributed by atoms with E-state index in [4.69, 9.17) is 4.98 Å². The van der Waals surface area contributed by atoms with Crippen LogP contribution < -0.4 is 20.7 Å². The minimum atomic E-state index is -0.320. The number of likely N-dealkylation sites (N-methyl/N-ethyl adjacent to an activating group) is 1. The summed E-state index contributed by atoms with van der Waals surface area (Å²) < 4.78 is 0. The first-order chi connectivity index (χ1) is 15.2. The van der Waals surface area contributed by atoms with E-state index in [1.807, 2.05) is 24.3 Å². The third kappa shape index (κ3) is 4.77. The Hall–Kier alpha value is -3.20. The Labute approximate surface area is 181 Å². The molecule has 3 aromatic rings. The summed E-state index contributed by atoms with van der Waals surface area (Å²) in [6.45, 7) is 5.38. The Bertz CT molecular complexity index is 1060. The third-order valence-electron chi connectivity index (χ3n) is 5.64. The van der Waals surface area contributed by atoms with Crippen LogP contribution in [0.5, 0.6) is 0 Å². The second-order valence-electron chi connectivity index (χ2n) is 7.71. The van der Waals surface area contributed by atoms with Crippen LogP contribution >= 0.6 is 0 Å². The molecule has 9 nitrogen and oxygen atoms in total. The average Bonchev–Trinajstić information content (AvgIpc) is 3.08. The summed E-state index contributed by atoms with van der Waals surface area (Å²) in [5.41, 5.74) is 2.06. The quantitative estimate of drug-likeness (QED) is 0.532. The Morgan fingerprint density at radius 3 is 2.55 bits per heavy atom. The van der Waals surface area contributed by atoms with Gasteiger partial charge in [0.25, 0.3) is 5.56 Å². The molecule has 0 atom stereocenters. The minimum Gasteiger partial charge on any atom is -0.395 e. The van der Waals surface area contributed by atoms with E-state index in [0.717, 1.165) is 43.9 Å². The molecule has 0 bridgehead atoms. The zero-order valence-corrected chi connectivity index (χ0v) is 17.8. The van der Waals surface area contributed by atoms with Crippen LogP contribution in [0.3, 0.4) is 0 Å². The van der Waals surface area contributed by atoms with E-state index in [0.29, 0.717) is 29.2 Å². The van der Waals surface area contributed by atoms with Gasteiger partial charge in [0.15, 0.2) is 0 Å². The van der Waals surface area contributed by atoms with Gasteiger partial charge >= 0.3 is 0 Å². The van der Waals surface area contributed by atoms with Gasteiger partial charge in [0.2, 0.25) is 5.95 Å². The van der Waals surface area contributed by atoms with E-state index in [1.165, 1.54) is 12.8 Å². The molecule has 0 saturated carbocycles. The van der Waals surface area contributed by atoms with Crippen molar-refractivity contribution in [2.24, 2.45) is 0 Å². The molecule has 0 unspecified atom stereocenters. The molecule has 0 aliphatic carbocycles. The molecule has 1 fully saturated rings. The number of hydrogen-bond acceptors (Lipinski definition) is 8. The first-order valence-electron chi connectivity index (χ1n) is 10.9. The van der Waals surface area contributed by atoms with Gasteiger partial charge in [-0.1, -0.05) is 12.8 Å². The Kier molecular flexibility index (Phi) is 6.61. The average molecular weight is 424 g/mol. The van der Waals surface area contributed by atoms with Crippen molar-refractivity contribution in [2.75, 3.05) is 47.9 Å². The molecular formula is C22H29N7O2. The van der Waals surface area contributed by atoms with Crippen LogP contribution in [-0.2, 0) is 0 Å². The number of aliphatic hydroxyl groups excluding tert-OH is 1. The van der Waals surface area contributed by atoms with E-state index in [9.17, 15) is 9.90 Å². The van der Waals surface area contributed by atoms with Gasteiger partial charge in [-0.3, -0.25) is 4.79 Å². The van der Waals surface area contributed by atoms with Gasteiger partial charge in [-0.05, 0) is 44.0 Å². The molecule has 31 heavy (non-hydrogen) atoms. The van der Waals surface area contributed by atoms with E-state index >= 15 is 0 Å². The molecule has 4 rings (SSSR count). The highest BCUT2D eigenvalue weighted by Crippen LogP contribution is 2.26. The summed E-state index contributed by atoms with van der Waals surface area (Å²) in [5, 5.41) is 19.4. The molecule has 3 N–H and O–H groups in total. The summed E-state index contributed by atoms with van der Waals surface area (Å²) in [7, 11) is 0. The second kappa shape index (κ2) is 9.74. The van der Waals surface area contributed by atoms with Crippen molar-refractivity contribution >= 4 is 34.0 Å². The van der Waals surface area contributed by atoms with Gasteiger partial charge in [-0.2, -0.15) is 10.1 Å². The normalized spacial score (nSPS) is 14.5. The predicted octanol–water partition coefficient (Wildman–Crippen LogP) is 2.66. The number of rotatable bonds is 7. The number of nitrogens with zero attached hydrogens (tertiary/aromatic N) is 5. The highest BCUT2D eigenvalue weighted by molar-refractivity contribution is 5.90. The van der Waals surface area contributed by atoms with E-state index in [2.05, 4.69) is 37.2 Å². The maximum atomic E-state index is 12.5. The van der Waals surface area contributed by atoms with Crippen molar-refractivity contribution < 1.29 is 5.11 Å². The van der Waals surface area contributed by atoms with Crippen molar-refractivity contribution in [3.05, 3.63) is 40.8 Å². The zero-order chi connectivity index (χ0) is 21.6. The maximum absolute atomic E-state index is 12.5. The van der Waals surface area contributed by atoms with Crippen molar-refractivity contribution in [3.8, 4) is 0 Å². The SMILES string of the molecule is CCN(CCO)c1ccc(Nc2nc(N3CCCCCC3)nc3cn[nH]c(=O)c23)cc1. The largest absolute Gasteiger partial charge is 0.395 e. The minimum absolute atomic E-state index is 0.108. The number of H-pyrrole nitrogens is 1. The molecule has 0 spiro atoms. The van der Waals surface area contributed by atoms with Crippen molar-refractivity contribution in [1.82, 2.24) is 20.2 Å². The summed E-state index contributed by atoms with van der Waals surface area (Å²) in [4.78, 5) is 26.2. The fourth-order valence-corrected chi connectivity index (χ4v) is 3.98. The molecular weight excluding hydrogens is 394 g/mol. The van der Waals surface area contributed by atoms with Gasteiger partial charge in [-0.15, -0.1) is 0 Å². The Morgan fingerprint density at radius 2 is 1.87 bits per heavy atom. The second-order valence-corrected chi connectivity index (χ2v) is 7.71. The number of anilines is 4. The first-order valence-corrected chi connectivity index (χ1v) is 10.9. The number of fused-ring (bicyclic) bond motifs is 1. The highest BCUT2D eigenvalue weighted by atomic mass is 16.3. The lowest BCUT2D eigenvalue weighted by Gasteiger charge is -2.23. The lowest BCUT2D eigenvalue weighted by Crippen LogP contribution is -2.27. The van der Waals surface area contributed by atoms with Crippen LogP contribution in [0.4, 0.5) is 23.1 Å². The lowest BCUT2D eigenvalue weighted by molar-refractivity contribution is 0.302. The van der Waals surface area contributed by atoms with Crippen molar-refractivity contribution in [1.29, 1.82) is 0 Å². The van der Waals surface area contributed by atoms with Crippen LogP contribution in [0.2, 0.25) is 0 Å². The van der Waals surface area contributed by atoms with E-state index < -0.39 is 0 Å². The number of hydrogen-bond donors (Lipinski definition) is 3. The number of aliphatic hydroxyl groups is 1. The summed E-state index contributed by atoms with van der Waals surface area (Å²) in [5.74, 6) is 1.10. The van der Waals surface area contributed by atoms with Gasteiger partial charge in [-0.25, -0.2) is 10.1 Å². The Morgan fingerprint density at radius 1 is 1.13 bits per heavy atom. The monoisotopic (exact) mass is 423 g/mol. The van der Waals surface area contributed by atoms with Crippen molar-refractivity contribution in [2.45, 2.75) is 32.6 Å². The topological polar surface area (TPSA) is 110 Å². The summed E-state index contributed by atoms with van der Waals surface area (Å²) in [6.07, 6.45) is 6.23. The first kappa shape index (κ1) is 21.0. The summed E-state index contributed by atoms with van der Waals surface area (Å²) in [6, 6.07) is 7.88. The molecule has 0 amide bonds. The molecule has 1 aliphatic rings. The lowest BCUT2D eigenvalue weighted by atomic mass is 10.2. The van der Waals surface area contributed by atoms with E-state index in [-0.39, 0.29) is 12.2 Å². The van der Waals surface area contributed by atoms with Crippen LogP contribution in [-0.4, -0.2) is 58.1 Å². The zero-order valence-electron chi connectivity index (χ0n) is 17.8. The molecule has 2 aromatic heterocycles. The fourth-order valence-electron chi connectivity index (χ4n) is 3.98. The van der Waals surface area contributed by atoms with Crippen LogP contribution in [0.15, 0.2) is 35.3 Å². The fraction of sp³-hybridized carbons (Fsp3) is 0.455. The van der Waals surface area contributed by atoms with Crippen LogP contribution in [0, 0.1) is 0 Å². The van der Waals surface area contributed by atoms with Crippen molar-refractivity contribution in [3.63, 3.8) is 0 Å². The molecule has 1 saturated heterocycles. The molecule has 9 heteroatoms. The molecule has 1 aliphatic heterocycles. The molecule has 3 heterocycles. The van der Waals surface area contributed by atoms with E-state index in [1.54, 1.807) is 6.20 Å². The maximum Gasteiger partial charge on any atom is 0.277 e.